The molecule has 0 heterocycles. The summed E-state index contributed by atoms with van der Waals surface area (Å²) in [6, 6.07) is 8.67. The number of aliphatic hydroxyl groups excluding tert-OH is 1. The van der Waals surface area contributed by atoms with Crippen LogP contribution in [0.25, 0.3) is 0 Å². The summed E-state index contributed by atoms with van der Waals surface area (Å²) in [5.74, 6) is -0.214. The lowest BCUT2D eigenvalue weighted by Crippen LogP contribution is -2.33. The lowest BCUT2D eigenvalue weighted by atomic mass is 10.1. The van der Waals surface area contributed by atoms with E-state index >= 15 is 0 Å². The summed E-state index contributed by atoms with van der Waals surface area (Å²) in [5, 5.41) is 17.7. The van der Waals surface area contributed by atoms with Crippen molar-refractivity contribution in [3.63, 3.8) is 0 Å². The molecule has 1 N–H and O–H groups in total. The van der Waals surface area contributed by atoms with E-state index in [-0.39, 0.29) is 19.1 Å². The molecule has 4 heteroatoms. The van der Waals surface area contributed by atoms with Crippen molar-refractivity contribution in [1.29, 1.82) is 5.26 Å². The van der Waals surface area contributed by atoms with Gasteiger partial charge in [-0.15, -0.1) is 0 Å². The number of benzene rings is 1. The van der Waals surface area contributed by atoms with Crippen molar-refractivity contribution in [3.05, 3.63) is 35.4 Å². The van der Waals surface area contributed by atoms with E-state index in [1.165, 1.54) is 4.90 Å². The summed E-state index contributed by atoms with van der Waals surface area (Å²) < 4.78 is 0. The molecule has 0 bridgehead atoms. The van der Waals surface area contributed by atoms with E-state index in [0.29, 0.717) is 17.7 Å². The Balaban J connectivity index is 2.99. The molecule has 1 aromatic carbocycles. The van der Waals surface area contributed by atoms with E-state index < -0.39 is 0 Å². The quantitative estimate of drug-likeness (QED) is 0.820. The maximum absolute atomic E-state index is 12.0. The molecular formula is C12H14N2O2. The Bertz CT molecular complexity index is 410. The van der Waals surface area contributed by atoms with Crippen LogP contribution in [0.15, 0.2) is 24.3 Å². The number of carbonyl (C=O) groups excluding carboxylic acids is 1. The van der Waals surface area contributed by atoms with Crippen LogP contribution in [-0.4, -0.2) is 35.6 Å². The first-order chi connectivity index (χ1) is 7.74. The number of hydrogen-bond donors (Lipinski definition) is 1. The van der Waals surface area contributed by atoms with Gasteiger partial charge in [-0.05, 0) is 19.1 Å². The van der Waals surface area contributed by atoms with Gasteiger partial charge < -0.3 is 10.0 Å². The zero-order chi connectivity index (χ0) is 12.0. The standard InChI is InChI=1S/C12H14N2O2/c1-2-14(7-8-15)12(16)11-6-4-3-5-10(11)9-13/h3-6,15H,2,7-8H2,1H3. The van der Waals surface area contributed by atoms with E-state index in [1.807, 2.05) is 13.0 Å². The van der Waals surface area contributed by atoms with Crippen molar-refractivity contribution in [2.45, 2.75) is 6.92 Å². The second kappa shape index (κ2) is 5.89. The predicted molar refractivity (Wildman–Crippen MR) is 59.8 cm³/mol. The summed E-state index contributed by atoms with van der Waals surface area (Å²) in [6.45, 7) is 2.56. The molecule has 0 aromatic heterocycles. The third-order valence-electron chi connectivity index (χ3n) is 2.32. The molecular weight excluding hydrogens is 204 g/mol. The lowest BCUT2D eigenvalue weighted by Gasteiger charge is -2.20. The Labute approximate surface area is 94.7 Å². The molecule has 1 amide bonds. The third-order valence-corrected chi connectivity index (χ3v) is 2.32. The Morgan fingerprint density at radius 2 is 2.19 bits per heavy atom. The first-order valence-corrected chi connectivity index (χ1v) is 5.13. The van der Waals surface area contributed by atoms with E-state index in [0.717, 1.165) is 0 Å². The van der Waals surface area contributed by atoms with Crippen LogP contribution >= 0.6 is 0 Å². The van der Waals surface area contributed by atoms with Gasteiger partial charge in [-0.3, -0.25) is 4.79 Å². The van der Waals surface area contributed by atoms with Crippen LogP contribution in [0, 0.1) is 11.3 Å². The largest absolute Gasteiger partial charge is 0.395 e. The number of nitrogens with zero attached hydrogens (tertiary/aromatic N) is 2. The molecule has 0 radical (unpaired) electrons. The maximum atomic E-state index is 12.0. The summed E-state index contributed by atoms with van der Waals surface area (Å²) in [7, 11) is 0. The van der Waals surface area contributed by atoms with Gasteiger partial charge in [0.2, 0.25) is 0 Å². The number of amides is 1. The molecule has 0 aliphatic carbocycles. The molecule has 0 spiro atoms. The molecule has 0 saturated carbocycles. The SMILES string of the molecule is CCN(CCO)C(=O)c1ccccc1C#N. The number of aliphatic hydroxyl groups is 1. The van der Waals surface area contributed by atoms with Gasteiger partial charge in [-0.1, -0.05) is 12.1 Å². The Morgan fingerprint density at radius 1 is 1.50 bits per heavy atom. The fourth-order valence-electron chi connectivity index (χ4n) is 1.46. The molecule has 0 saturated heterocycles. The van der Waals surface area contributed by atoms with Crippen molar-refractivity contribution >= 4 is 5.91 Å². The van der Waals surface area contributed by atoms with E-state index in [1.54, 1.807) is 24.3 Å². The van der Waals surface area contributed by atoms with Crippen molar-refractivity contribution in [3.8, 4) is 6.07 Å². The van der Waals surface area contributed by atoms with Gasteiger partial charge in [-0.2, -0.15) is 5.26 Å². The summed E-state index contributed by atoms with van der Waals surface area (Å²) >= 11 is 0. The van der Waals surface area contributed by atoms with Crippen LogP contribution < -0.4 is 0 Å². The van der Waals surface area contributed by atoms with Gasteiger partial charge >= 0.3 is 0 Å². The monoisotopic (exact) mass is 218 g/mol. The highest BCUT2D eigenvalue weighted by molar-refractivity contribution is 5.96. The van der Waals surface area contributed by atoms with Crippen LogP contribution in [0.2, 0.25) is 0 Å². The van der Waals surface area contributed by atoms with E-state index in [4.69, 9.17) is 10.4 Å². The van der Waals surface area contributed by atoms with Crippen molar-refractivity contribution in [2.75, 3.05) is 19.7 Å². The second-order valence-electron chi connectivity index (χ2n) is 3.27. The predicted octanol–water partition coefficient (Wildman–Crippen LogP) is 1.01. The fraction of sp³-hybridized carbons (Fsp3) is 0.333. The van der Waals surface area contributed by atoms with Gasteiger partial charge in [0.25, 0.3) is 5.91 Å². The fourth-order valence-corrected chi connectivity index (χ4v) is 1.46. The summed E-state index contributed by atoms with van der Waals surface area (Å²) in [5.41, 5.74) is 0.754. The first-order valence-electron chi connectivity index (χ1n) is 5.13. The zero-order valence-corrected chi connectivity index (χ0v) is 9.18. The molecule has 0 aliphatic rings. The van der Waals surface area contributed by atoms with Crippen LogP contribution in [0.4, 0.5) is 0 Å². The number of carbonyl (C=O) groups is 1. The number of hydrogen-bond acceptors (Lipinski definition) is 3. The van der Waals surface area contributed by atoms with Gasteiger partial charge in [0.05, 0.1) is 23.8 Å². The molecule has 0 atom stereocenters. The van der Waals surface area contributed by atoms with E-state index in [9.17, 15) is 4.79 Å². The molecule has 0 fully saturated rings. The molecule has 16 heavy (non-hydrogen) atoms. The highest BCUT2D eigenvalue weighted by Gasteiger charge is 2.16. The van der Waals surface area contributed by atoms with Crippen molar-refractivity contribution < 1.29 is 9.90 Å². The van der Waals surface area contributed by atoms with Gasteiger partial charge in [0, 0.05) is 13.1 Å². The second-order valence-corrected chi connectivity index (χ2v) is 3.27. The lowest BCUT2D eigenvalue weighted by molar-refractivity contribution is 0.0731. The maximum Gasteiger partial charge on any atom is 0.255 e. The molecule has 1 rings (SSSR count). The Morgan fingerprint density at radius 3 is 2.75 bits per heavy atom. The van der Waals surface area contributed by atoms with Crippen LogP contribution in [-0.2, 0) is 0 Å². The minimum absolute atomic E-state index is 0.0751. The molecule has 4 nitrogen and oxygen atoms in total. The van der Waals surface area contributed by atoms with E-state index in [2.05, 4.69) is 0 Å². The van der Waals surface area contributed by atoms with Crippen LogP contribution in [0.5, 0.6) is 0 Å². The van der Waals surface area contributed by atoms with Gasteiger partial charge in [0.15, 0.2) is 0 Å². The van der Waals surface area contributed by atoms with Crippen molar-refractivity contribution in [1.82, 2.24) is 4.90 Å². The Hall–Kier alpha value is -1.86. The Kier molecular flexibility index (Phi) is 4.49. The highest BCUT2D eigenvalue weighted by Crippen LogP contribution is 2.10. The average Bonchev–Trinajstić information content (AvgIpc) is 2.35. The highest BCUT2D eigenvalue weighted by atomic mass is 16.3. The van der Waals surface area contributed by atoms with Crippen LogP contribution in [0.1, 0.15) is 22.8 Å². The van der Waals surface area contributed by atoms with Crippen LogP contribution in [0.3, 0.4) is 0 Å². The van der Waals surface area contributed by atoms with Gasteiger partial charge in [0.1, 0.15) is 0 Å². The topological polar surface area (TPSA) is 64.3 Å². The first kappa shape index (κ1) is 12.2. The van der Waals surface area contributed by atoms with Crippen molar-refractivity contribution in [2.24, 2.45) is 0 Å². The summed E-state index contributed by atoms with van der Waals surface area (Å²) in [4.78, 5) is 13.5. The molecule has 0 aliphatic heterocycles. The average molecular weight is 218 g/mol. The molecule has 1 aromatic rings. The molecule has 0 unspecified atom stereocenters. The number of likely N-dealkylation sites (N-methyl/N-ethyl adjacent to an activating group) is 1. The summed E-state index contributed by atoms with van der Waals surface area (Å²) in [6.07, 6.45) is 0. The zero-order valence-electron chi connectivity index (χ0n) is 9.18. The number of rotatable bonds is 4. The normalized spacial score (nSPS) is 9.56. The third kappa shape index (κ3) is 2.59. The number of nitriles is 1. The smallest absolute Gasteiger partial charge is 0.255 e. The minimum atomic E-state index is -0.214. The minimum Gasteiger partial charge on any atom is -0.395 e. The molecule has 84 valence electrons. The van der Waals surface area contributed by atoms with Gasteiger partial charge in [-0.25, -0.2) is 0 Å².